The summed E-state index contributed by atoms with van der Waals surface area (Å²) in [7, 11) is 0. The maximum atomic E-state index is 12.1. The molecule has 0 bridgehead atoms. The summed E-state index contributed by atoms with van der Waals surface area (Å²) in [5.41, 5.74) is 1.40. The molecule has 0 aliphatic heterocycles. The number of carboxylic acids is 1. The fourth-order valence-electron chi connectivity index (χ4n) is 1.74. The second kappa shape index (κ2) is 6.70. The average molecular weight is 328 g/mol. The van der Waals surface area contributed by atoms with Crippen LogP contribution in [-0.4, -0.2) is 23.0 Å². The van der Waals surface area contributed by atoms with Crippen LogP contribution in [0, 0.1) is 12.8 Å². The molecule has 1 rings (SSSR count). The molecule has 0 aliphatic carbocycles. The molecule has 0 radical (unpaired) electrons. The van der Waals surface area contributed by atoms with Crippen molar-refractivity contribution in [1.29, 1.82) is 0 Å². The number of carboxylic acid groups (broad SMARTS) is 1. The van der Waals surface area contributed by atoms with Crippen molar-refractivity contribution in [2.45, 2.75) is 33.2 Å². The number of hydrogen-bond donors (Lipinski definition) is 2. The molecule has 1 amide bonds. The number of carbonyl (C=O) groups excluding carboxylic acids is 1. The van der Waals surface area contributed by atoms with Gasteiger partial charge in [0.2, 0.25) is 0 Å². The van der Waals surface area contributed by atoms with E-state index in [1.54, 1.807) is 12.1 Å². The minimum Gasteiger partial charge on any atom is -0.480 e. The first kappa shape index (κ1) is 15.7. The Morgan fingerprint density at radius 1 is 1.37 bits per heavy atom. The maximum absolute atomic E-state index is 12.1. The topological polar surface area (TPSA) is 66.4 Å². The molecule has 1 unspecified atom stereocenters. The zero-order chi connectivity index (χ0) is 14.6. The smallest absolute Gasteiger partial charge is 0.326 e. The van der Waals surface area contributed by atoms with Gasteiger partial charge in [-0.05, 0) is 47.3 Å². The lowest BCUT2D eigenvalue weighted by atomic mass is 10.0. The van der Waals surface area contributed by atoms with Crippen LogP contribution >= 0.6 is 15.9 Å². The Labute approximate surface area is 121 Å². The molecule has 1 aromatic carbocycles. The largest absolute Gasteiger partial charge is 0.480 e. The summed E-state index contributed by atoms with van der Waals surface area (Å²) in [6, 6.07) is 4.53. The van der Waals surface area contributed by atoms with E-state index in [1.807, 2.05) is 26.8 Å². The summed E-state index contributed by atoms with van der Waals surface area (Å²) >= 11 is 3.30. The molecule has 1 atom stereocenters. The first-order valence-electron chi connectivity index (χ1n) is 6.11. The third-order valence-electron chi connectivity index (χ3n) is 2.68. The summed E-state index contributed by atoms with van der Waals surface area (Å²) in [5.74, 6) is -1.18. The number of hydrogen-bond acceptors (Lipinski definition) is 2. The Kier molecular flexibility index (Phi) is 5.54. The second-order valence-corrected chi connectivity index (χ2v) is 5.83. The molecular weight excluding hydrogens is 310 g/mol. The molecule has 19 heavy (non-hydrogen) atoms. The van der Waals surface area contributed by atoms with Crippen molar-refractivity contribution in [3.8, 4) is 0 Å². The minimum atomic E-state index is -1.01. The summed E-state index contributed by atoms with van der Waals surface area (Å²) < 4.78 is 0.657. The lowest BCUT2D eigenvalue weighted by Gasteiger charge is -2.17. The standard InChI is InChI=1S/C14H18BrNO3/c1-8(2)6-12(14(18)19)16-13(17)10-7-9(3)4-5-11(10)15/h4-5,7-8,12H,6H2,1-3H3,(H,16,17)(H,18,19). The number of aliphatic carboxylic acids is 1. The number of halogens is 1. The Hall–Kier alpha value is -1.36. The fraction of sp³-hybridized carbons (Fsp3) is 0.429. The van der Waals surface area contributed by atoms with E-state index in [2.05, 4.69) is 21.2 Å². The van der Waals surface area contributed by atoms with Gasteiger partial charge in [0.05, 0.1) is 5.56 Å². The molecule has 104 valence electrons. The Morgan fingerprint density at radius 3 is 2.53 bits per heavy atom. The van der Waals surface area contributed by atoms with Crippen LogP contribution in [0.3, 0.4) is 0 Å². The normalized spacial score (nSPS) is 12.3. The van der Waals surface area contributed by atoms with Crippen LogP contribution in [0.5, 0.6) is 0 Å². The molecule has 0 aliphatic rings. The van der Waals surface area contributed by atoms with E-state index < -0.39 is 12.0 Å². The predicted octanol–water partition coefficient (Wildman–Crippen LogP) is 2.99. The van der Waals surface area contributed by atoms with Crippen molar-refractivity contribution in [2.75, 3.05) is 0 Å². The quantitative estimate of drug-likeness (QED) is 0.873. The average Bonchev–Trinajstić information content (AvgIpc) is 2.30. The van der Waals surface area contributed by atoms with Gasteiger partial charge < -0.3 is 10.4 Å². The number of rotatable bonds is 5. The SMILES string of the molecule is Cc1ccc(Br)c(C(=O)NC(CC(C)C)C(=O)O)c1. The lowest BCUT2D eigenvalue weighted by Crippen LogP contribution is -2.41. The molecule has 0 heterocycles. The zero-order valence-electron chi connectivity index (χ0n) is 11.2. The minimum absolute atomic E-state index is 0.197. The number of aryl methyl sites for hydroxylation is 1. The predicted molar refractivity (Wildman–Crippen MR) is 77.2 cm³/mol. The van der Waals surface area contributed by atoms with Crippen molar-refractivity contribution in [1.82, 2.24) is 5.32 Å². The highest BCUT2D eigenvalue weighted by Crippen LogP contribution is 2.18. The van der Waals surface area contributed by atoms with Gasteiger partial charge in [0.25, 0.3) is 5.91 Å². The Balaban J connectivity index is 2.87. The van der Waals surface area contributed by atoms with Crippen molar-refractivity contribution < 1.29 is 14.7 Å². The summed E-state index contributed by atoms with van der Waals surface area (Å²) in [6.45, 7) is 5.72. The maximum Gasteiger partial charge on any atom is 0.326 e. The number of nitrogens with one attached hydrogen (secondary N) is 1. The van der Waals surface area contributed by atoms with Gasteiger partial charge in [-0.15, -0.1) is 0 Å². The van der Waals surface area contributed by atoms with Gasteiger partial charge in [0.1, 0.15) is 6.04 Å². The lowest BCUT2D eigenvalue weighted by molar-refractivity contribution is -0.139. The highest BCUT2D eigenvalue weighted by atomic mass is 79.9. The molecule has 0 fully saturated rings. The van der Waals surface area contributed by atoms with E-state index in [0.717, 1.165) is 5.56 Å². The third-order valence-corrected chi connectivity index (χ3v) is 3.37. The van der Waals surface area contributed by atoms with Crippen LogP contribution < -0.4 is 5.32 Å². The van der Waals surface area contributed by atoms with Gasteiger partial charge in [-0.2, -0.15) is 0 Å². The van der Waals surface area contributed by atoms with Crippen LogP contribution in [0.15, 0.2) is 22.7 Å². The molecule has 2 N–H and O–H groups in total. The van der Waals surface area contributed by atoms with Gasteiger partial charge in [-0.25, -0.2) is 4.79 Å². The van der Waals surface area contributed by atoms with Gasteiger partial charge >= 0.3 is 5.97 Å². The van der Waals surface area contributed by atoms with Gasteiger partial charge in [0, 0.05) is 4.47 Å². The van der Waals surface area contributed by atoms with Gasteiger partial charge in [-0.1, -0.05) is 25.5 Å². The van der Waals surface area contributed by atoms with Gasteiger partial charge in [-0.3, -0.25) is 4.79 Å². The van der Waals surface area contributed by atoms with Crippen LogP contribution in [-0.2, 0) is 4.79 Å². The van der Waals surface area contributed by atoms with Crippen molar-refractivity contribution in [2.24, 2.45) is 5.92 Å². The molecule has 4 nitrogen and oxygen atoms in total. The molecule has 0 saturated carbocycles. The van der Waals surface area contributed by atoms with Gasteiger partial charge in [0.15, 0.2) is 0 Å². The van der Waals surface area contributed by atoms with E-state index in [1.165, 1.54) is 0 Å². The number of benzene rings is 1. The number of carbonyl (C=O) groups is 2. The first-order valence-corrected chi connectivity index (χ1v) is 6.90. The highest BCUT2D eigenvalue weighted by Gasteiger charge is 2.22. The van der Waals surface area contributed by atoms with E-state index in [4.69, 9.17) is 5.11 Å². The van der Waals surface area contributed by atoms with E-state index >= 15 is 0 Å². The molecule has 0 spiro atoms. The second-order valence-electron chi connectivity index (χ2n) is 4.98. The fourth-order valence-corrected chi connectivity index (χ4v) is 2.17. The number of amides is 1. The first-order chi connectivity index (χ1) is 8.81. The van der Waals surface area contributed by atoms with E-state index in [9.17, 15) is 9.59 Å². The Bertz CT molecular complexity index is 486. The molecule has 5 heteroatoms. The van der Waals surface area contributed by atoms with Crippen LogP contribution in [0.25, 0.3) is 0 Å². The molecule has 1 aromatic rings. The third kappa shape index (κ3) is 4.67. The van der Waals surface area contributed by atoms with Crippen molar-refractivity contribution in [3.05, 3.63) is 33.8 Å². The van der Waals surface area contributed by atoms with E-state index in [0.29, 0.717) is 16.5 Å². The monoisotopic (exact) mass is 327 g/mol. The zero-order valence-corrected chi connectivity index (χ0v) is 12.8. The van der Waals surface area contributed by atoms with Crippen molar-refractivity contribution in [3.63, 3.8) is 0 Å². The van der Waals surface area contributed by atoms with Crippen LogP contribution in [0.4, 0.5) is 0 Å². The summed E-state index contributed by atoms with van der Waals surface area (Å²) in [4.78, 5) is 23.2. The van der Waals surface area contributed by atoms with Crippen LogP contribution in [0.1, 0.15) is 36.2 Å². The summed E-state index contributed by atoms with van der Waals surface area (Å²) in [5, 5.41) is 11.7. The van der Waals surface area contributed by atoms with E-state index in [-0.39, 0.29) is 11.8 Å². The molecular formula is C14H18BrNO3. The van der Waals surface area contributed by atoms with Crippen LogP contribution in [0.2, 0.25) is 0 Å². The Morgan fingerprint density at radius 2 is 2.00 bits per heavy atom. The van der Waals surface area contributed by atoms with Crippen molar-refractivity contribution >= 4 is 27.8 Å². The molecule has 0 saturated heterocycles. The highest BCUT2D eigenvalue weighted by molar-refractivity contribution is 9.10. The summed E-state index contributed by atoms with van der Waals surface area (Å²) in [6.07, 6.45) is 0.407. The molecule has 0 aromatic heterocycles.